The van der Waals surface area contributed by atoms with Gasteiger partial charge in [0.05, 0.1) is 26.7 Å². The predicted octanol–water partition coefficient (Wildman–Crippen LogP) is 4.81. The summed E-state index contributed by atoms with van der Waals surface area (Å²) in [5.74, 6) is 0.425. The van der Waals surface area contributed by atoms with Crippen molar-refractivity contribution in [2.75, 3.05) is 14.2 Å². The van der Waals surface area contributed by atoms with E-state index in [1.165, 1.54) is 5.56 Å². The van der Waals surface area contributed by atoms with E-state index in [-0.39, 0.29) is 12.3 Å². The summed E-state index contributed by atoms with van der Waals surface area (Å²) >= 11 is 0. The Kier molecular flexibility index (Phi) is 8.55. The number of rotatable bonds is 12. The summed E-state index contributed by atoms with van der Waals surface area (Å²) in [6.07, 6.45) is 5.65. The van der Waals surface area contributed by atoms with E-state index in [2.05, 4.69) is 12.1 Å². The van der Waals surface area contributed by atoms with Gasteiger partial charge in [-0.05, 0) is 61.1 Å². The summed E-state index contributed by atoms with van der Waals surface area (Å²) < 4.78 is 13.0. The van der Waals surface area contributed by atoms with Gasteiger partial charge < -0.3 is 24.3 Å². The van der Waals surface area contributed by atoms with Crippen LogP contribution in [0.5, 0.6) is 11.5 Å². The Bertz CT molecular complexity index is 1020. The molecule has 3 aromatic rings. The van der Waals surface area contributed by atoms with Gasteiger partial charge in [-0.25, -0.2) is 0 Å². The van der Waals surface area contributed by atoms with Gasteiger partial charge in [-0.3, -0.25) is 4.79 Å². The molecule has 6 heteroatoms. The number of hydrogen-bond acceptors (Lipinski definition) is 4. The first-order valence-electron chi connectivity index (χ1n) is 11.2. The summed E-state index contributed by atoms with van der Waals surface area (Å²) in [5.41, 5.74) is 3.66. The van der Waals surface area contributed by atoms with Crippen molar-refractivity contribution < 1.29 is 24.5 Å². The molecule has 0 aliphatic rings. The summed E-state index contributed by atoms with van der Waals surface area (Å²) in [7, 11) is 3.22. The topological polar surface area (TPSA) is 80.9 Å². The highest BCUT2D eigenvalue weighted by Crippen LogP contribution is 2.36. The number of carboxylic acid groups (broad SMARTS) is 1. The largest absolute Gasteiger partial charge is 0.496 e. The minimum absolute atomic E-state index is 0.0133. The van der Waals surface area contributed by atoms with Gasteiger partial charge in [-0.15, -0.1) is 0 Å². The lowest BCUT2D eigenvalue weighted by atomic mass is 9.89. The van der Waals surface area contributed by atoms with E-state index in [1.54, 1.807) is 14.2 Å². The molecule has 33 heavy (non-hydrogen) atoms. The molecule has 0 amide bonds. The van der Waals surface area contributed by atoms with Crippen LogP contribution in [-0.4, -0.2) is 35.0 Å². The zero-order valence-electron chi connectivity index (χ0n) is 19.5. The van der Waals surface area contributed by atoms with Gasteiger partial charge in [0, 0.05) is 30.4 Å². The van der Waals surface area contributed by atoms with Crippen molar-refractivity contribution in [2.24, 2.45) is 5.92 Å². The Morgan fingerprint density at radius 3 is 2.30 bits per heavy atom. The quantitative estimate of drug-likeness (QED) is 0.413. The zero-order chi connectivity index (χ0) is 23.8. The number of aryl methyl sites for hydroxylation is 1. The first kappa shape index (κ1) is 24.4. The van der Waals surface area contributed by atoms with Gasteiger partial charge in [0.15, 0.2) is 0 Å². The number of methoxy groups -OCH3 is 2. The van der Waals surface area contributed by atoms with Crippen LogP contribution in [0.15, 0.2) is 60.9 Å². The maximum atomic E-state index is 11.4. The van der Waals surface area contributed by atoms with E-state index >= 15 is 0 Å². The molecule has 0 aliphatic carbocycles. The third-order valence-corrected chi connectivity index (χ3v) is 6.06. The van der Waals surface area contributed by atoms with Gasteiger partial charge in [0.1, 0.15) is 11.5 Å². The first-order chi connectivity index (χ1) is 15.9. The SMILES string of the molecule is COc1cc(C(O)[C@H](CCCc2ccccc2)Cn2ccc(CC(=O)O)c2)cc(OC)c1C. The van der Waals surface area contributed by atoms with E-state index in [0.717, 1.165) is 36.0 Å². The second kappa shape index (κ2) is 11.6. The van der Waals surface area contributed by atoms with Gasteiger partial charge in [0.25, 0.3) is 0 Å². The number of ether oxygens (including phenoxy) is 2. The van der Waals surface area contributed by atoms with E-state index in [4.69, 9.17) is 14.6 Å². The Hall–Kier alpha value is -3.25. The molecular formula is C27H33NO5. The molecule has 0 saturated heterocycles. The highest BCUT2D eigenvalue weighted by molar-refractivity contribution is 5.70. The van der Waals surface area contributed by atoms with Crippen molar-refractivity contribution in [2.45, 2.75) is 45.3 Å². The van der Waals surface area contributed by atoms with Gasteiger partial charge >= 0.3 is 5.97 Å². The zero-order valence-corrected chi connectivity index (χ0v) is 19.5. The molecule has 176 valence electrons. The monoisotopic (exact) mass is 451 g/mol. The van der Waals surface area contributed by atoms with E-state index in [1.807, 2.05) is 60.3 Å². The molecule has 2 atom stereocenters. The molecular weight excluding hydrogens is 418 g/mol. The lowest BCUT2D eigenvalue weighted by Gasteiger charge is -2.25. The standard InChI is InChI=1S/C27H33NO5/c1-19-24(32-2)15-23(16-25(19)33-3)27(31)22(11-7-10-20-8-5-4-6-9-20)18-28-13-12-21(17-28)14-26(29)30/h4-6,8-9,12-13,15-17,22,27,31H,7,10-11,14,18H2,1-3H3,(H,29,30)/t22-,27?/m1/s1. The molecule has 0 aliphatic heterocycles. The first-order valence-corrected chi connectivity index (χ1v) is 11.2. The molecule has 1 unspecified atom stereocenters. The fraction of sp³-hybridized carbons (Fsp3) is 0.370. The minimum Gasteiger partial charge on any atom is -0.496 e. The van der Waals surface area contributed by atoms with Crippen molar-refractivity contribution in [1.82, 2.24) is 4.57 Å². The normalized spacial score (nSPS) is 12.8. The third-order valence-electron chi connectivity index (χ3n) is 6.06. The van der Waals surface area contributed by atoms with Crippen LogP contribution in [0, 0.1) is 12.8 Å². The minimum atomic E-state index is -0.856. The van der Waals surface area contributed by atoms with Gasteiger partial charge in [0.2, 0.25) is 0 Å². The number of carboxylic acids is 1. The van der Waals surface area contributed by atoms with E-state index in [0.29, 0.717) is 18.0 Å². The van der Waals surface area contributed by atoms with E-state index < -0.39 is 12.1 Å². The van der Waals surface area contributed by atoms with Crippen molar-refractivity contribution in [3.8, 4) is 11.5 Å². The van der Waals surface area contributed by atoms with Crippen LogP contribution in [0.2, 0.25) is 0 Å². The van der Waals surface area contributed by atoms with Crippen molar-refractivity contribution in [3.05, 3.63) is 83.2 Å². The Labute approximate surface area is 195 Å². The van der Waals surface area contributed by atoms with E-state index in [9.17, 15) is 9.90 Å². The number of aliphatic hydroxyl groups excluding tert-OH is 1. The molecule has 1 heterocycles. The van der Waals surface area contributed by atoms with Gasteiger partial charge in [-0.1, -0.05) is 30.3 Å². The summed E-state index contributed by atoms with van der Waals surface area (Å²) in [6.45, 7) is 2.50. The lowest BCUT2D eigenvalue weighted by Crippen LogP contribution is -2.19. The van der Waals surface area contributed by atoms with Crippen LogP contribution >= 0.6 is 0 Å². The Morgan fingerprint density at radius 1 is 1.03 bits per heavy atom. The number of hydrogen-bond donors (Lipinski definition) is 2. The fourth-order valence-corrected chi connectivity index (χ4v) is 4.27. The molecule has 0 saturated carbocycles. The molecule has 0 bridgehead atoms. The molecule has 0 fully saturated rings. The van der Waals surface area contributed by atoms with Crippen LogP contribution in [0.3, 0.4) is 0 Å². The number of aromatic nitrogens is 1. The highest BCUT2D eigenvalue weighted by atomic mass is 16.5. The Morgan fingerprint density at radius 2 is 1.70 bits per heavy atom. The molecule has 3 rings (SSSR count). The van der Waals surface area contributed by atoms with Crippen molar-refractivity contribution in [3.63, 3.8) is 0 Å². The number of aliphatic hydroxyl groups is 1. The van der Waals surface area contributed by atoms with Crippen LogP contribution < -0.4 is 9.47 Å². The number of carbonyl (C=O) groups is 1. The maximum Gasteiger partial charge on any atom is 0.307 e. The van der Waals surface area contributed by atoms with Crippen LogP contribution in [-0.2, 0) is 24.2 Å². The third kappa shape index (κ3) is 6.62. The molecule has 2 N–H and O–H groups in total. The van der Waals surface area contributed by atoms with Crippen molar-refractivity contribution >= 4 is 5.97 Å². The summed E-state index contributed by atoms with van der Waals surface area (Å²) in [6, 6.07) is 15.9. The average Bonchev–Trinajstić information content (AvgIpc) is 3.24. The smallest absolute Gasteiger partial charge is 0.307 e. The second-order valence-corrected chi connectivity index (χ2v) is 8.42. The van der Waals surface area contributed by atoms with Gasteiger partial charge in [-0.2, -0.15) is 0 Å². The average molecular weight is 452 g/mol. The predicted molar refractivity (Wildman–Crippen MR) is 128 cm³/mol. The van der Waals surface area contributed by atoms with Crippen LogP contribution in [0.25, 0.3) is 0 Å². The maximum absolute atomic E-state index is 11.4. The highest BCUT2D eigenvalue weighted by Gasteiger charge is 2.24. The van der Waals surface area contributed by atoms with Crippen LogP contribution in [0.4, 0.5) is 0 Å². The molecule has 0 spiro atoms. The summed E-state index contributed by atoms with van der Waals surface area (Å²) in [4.78, 5) is 11.0. The fourth-order valence-electron chi connectivity index (χ4n) is 4.27. The van der Waals surface area contributed by atoms with Crippen molar-refractivity contribution in [1.29, 1.82) is 0 Å². The molecule has 1 aromatic heterocycles. The number of benzene rings is 2. The Balaban J connectivity index is 1.81. The molecule has 6 nitrogen and oxygen atoms in total. The lowest BCUT2D eigenvalue weighted by molar-refractivity contribution is -0.136. The van der Waals surface area contributed by atoms with Crippen LogP contribution in [0.1, 0.15) is 41.2 Å². The number of aliphatic carboxylic acids is 1. The molecule has 0 radical (unpaired) electrons. The number of nitrogens with zero attached hydrogens (tertiary/aromatic N) is 1. The second-order valence-electron chi connectivity index (χ2n) is 8.42. The molecule has 2 aromatic carbocycles. The summed E-state index contributed by atoms with van der Waals surface area (Å²) in [5, 5.41) is 20.5.